The molecule has 1 saturated carbocycles. The normalized spacial score (nSPS) is 22.7. The summed E-state index contributed by atoms with van der Waals surface area (Å²) in [5, 5.41) is 11.8. The average molecular weight is 248 g/mol. The summed E-state index contributed by atoms with van der Waals surface area (Å²) in [5.74, 6) is -1.33. The number of nitrogens with zero attached hydrogens (tertiary/aromatic N) is 1. The lowest BCUT2D eigenvalue weighted by Gasteiger charge is -2.12. The van der Waals surface area contributed by atoms with Gasteiger partial charge in [0.2, 0.25) is 0 Å². The van der Waals surface area contributed by atoms with Gasteiger partial charge in [0.05, 0.1) is 5.92 Å². The summed E-state index contributed by atoms with van der Waals surface area (Å²) < 4.78 is 0. The largest absolute Gasteiger partial charge is 0.481 e. The van der Waals surface area contributed by atoms with Gasteiger partial charge in [-0.15, -0.1) is 0 Å². The Labute approximate surface area is 105 Å². The van der Waals surface area contributed by atoms with Gasteiger partial charge < -0.3 is 10.4 Å². The van der Waals surface area contributed by atoms with Gasteiger partial charge in [-0.2, -0.15) is 0 Å². The zero-order valence-corrected chi connectivity index (χ0v) is 10.2. The first-order valence-electron chi connectivity index (χ1n) is 6.03. The maximum absolute atomic E-state index is 12.0. The zero-order chi connectivity index (χ0) is 13.1. The van der Waals surface area contributed by atoms with Crippen molar-refractivity contribution in [3.8, 4) is 0 Å². The van der Waals surface area contributed by atoms with Crippen LogP contribution in [-0.2, 0) is 4.79 Å². The van der Waals surface area contributed by atoms with Crippen LogP contribution in [0.2, 0.25) is 0 Å². The predicted molar refractivity (Wildman–Crippen MR) is 65.2 cm³/mol. The summed E-state index contributed by atoms with van der Waals surface area (Å²) in [4.78, 5) is 26.9. The molecule has 1 amide bonds. The molecule has 2 rings (SSSR count). The summed E-state index contributed by atoms with van der Waals surface area (Å²) in [6, 6.07) is 3.55. The van der Waals surface area contributed by atoms with Gasteiger partial charge in [0, 0.05) is 12.2 Å². The third-order valence-corrected chi connectivity index (χ3v) is 3.34. The Hall–Kier alpha value is -1.91. The lowest BCUT2D eigenvalue weighted by molar-refractivity contribution is -0.141. The number of aromatic nitrogens is 1. The Morgan fingerprint density at radius 1 is 1.44 bits per heavy atom. The van der Waals surface area contributed by atoms with E-state index in [2.05, 4.69) is 10.3 Å². The van der Waals surface area contributed by atoms with Crippen LogP contribution in [-0.4, -0.2) is 28.0 Å². The first kappa shape index (κ1) is 12.5. The second kappa shape index (κ2) is 5.16. The smallest absolute Gasteiger partial charge is 0.306 e. The molecule has 18 heavy (non-hydrogen) atoms. The molecule has 1 aliphatic carbocycles. The number of hydrogen-bond acceptors (Lipinski definition) is 3. The summed E-state index contributed by atoms with van der Waals surface area (Å²) in [6.07, 6.45) is 3.43. The highest BCUT2D eigenvalue weighted by molar-refractivity contribution is 5.93. The third-order valence-electron chi connectivity index (χ3n) is 3.34. The Morgan fingerprint density at radius 3 is 2.83 bits per heavy atom. The molecule has 2 N–H and O–H groups in total. The predicted octanol–water partition coefficient (Wildman–Crippen LogP) is 1.37. The van der Waals surface area contributed by atoms with Gasteiger partial charge in [-0.25, -0.2) is 0 Å². The van der Waals surface area contributed by atoms with Gasteiger partial charge in [0.25, 0.3) is 5.91 Å². The molecule has 0 aliphatic heterocycles. The molecule has 5 nitrogen and oxygen atoms in total. The number of carbonyl (C=O) groups excluding carboxylic acids is 1. The second-order valence-electron chi connectivity index (χ2n) is 4.69. The van der Waals surface area contributed by atoms with E-state index in [9.17, 15) is 9.59 Å². The van der Waals surface area contributed by atoms with Gasteiger partial charge in [-0.05, 0) is 37.8 Å². The monoisotopic (exact) mass is 248 g/mol. The van der Waals surface area contributed by atoms with Gasteiger partial charge >= 0.3 is 5.97 Å². The Bertz CT molecular complexity index is 473. The number of aryl methyl sites for hydroxylation is 1. The van der Waals surface area contributed by atoms with E-state index < -0.39 is 5.97 Å². The molecule has 0 bridgehead atoms. The number of carbonyl (C=O) groups is 2. The van der Waals surface area contributed by atoms with E-state index in [4.69, 9.17) is 5.11 Å². The summed E-state index contributed by atoms with van der Waals surface area (Å²) in [6.45, 7) is 1.83. The number of pyridine rings is 1. The number of carboxylic acid groups (broad SMARTS) is 1. The molecule has 0 saturated heterocycles. The lowest BCUT2D eigenvalue weighted by Crippen LogP contribution is -2.34. The summed E-state index contributed by atoms with van der Waals surface area (Å²) >= 11 is 0. The van der Waals surface area contributed by atoms with Crippen molar-refractivity contribution < 1.29 is 14.7 Å². The second-order valence-corrected chi connectivity index (χ2v) is 4.69. The van der Waals surface area contributed by atoms with E-state index in [1.165, 1.54) is 0 Å². The SMILES string of the molecule is Cc1cccnc1C(=O)NC1CCC(C(=O)O)C1. The van der Waals surface area contributed by atoms with Crippen molar-refractivity contribution in [3.63, 3.8) is 0 Å². The molecule has 1 aromatic heterocycles. The highest BCUT2D eigenvalue weighted by atomic mass is 16.4. The fraction of sp³-hybridized carbons (Fsp3) is 0.462. The van der Waals surface area contributed by atoms with Crippen LogP contribution in [0.3, 0.4) is 0 Å². The fourth-order valence-electron chi connectivity index (χ4n) is 2.31. The van der Waals surface area contributed by atoms with Gasteiger partial charge in [-0.3, -0.25) is 14.6 Å². The number of aliphatic carboxylic acids is 1. The number of hydrogen-bond donors (Lipinski definition) is 2. The van der Waals surface area contributed by atoms with Gasteiger partial charge in [0.1, 0.15) is 5.69 Å². The Balaban J connectivity index is 1.97. The van der Waals surface area contributed by atoms with Crippen molar-refractivity contribution in [3.05, 3.63) is 29.6 Å². The van der Waals surface area contributed by atoms with Crippen molar-refractivity contribution in [2.45, 2.75) is 32.2 Å². The van der Waals surface area contributed by atoms with Crippen LogP contribution in [0.15, 0.2) is 18.3 Å². The maximum Gasteiger partial charge on any atom is 0.306 e. The number of nitrogens with one attached hydrogen (secondary N) is 1. The van der Waals surface area contributed by atoms with E-state index in [1.807, 2.05) is 13.0 Å². The van der Waals surface area contributed by atoms with E-state index >= 15 is 0 Å². The van der Waals surface area contributed by atoms with E-state index in [0.717, 1.165) is 5.56 Å². The molecule has 0 radical (unpaired) electrons. The zero-order valence-electron chi connectivity index (χ0n) is 10.2. The molecular formula is C13H16N2O3. The van der Waals surface area contributed by atoms with Crippen LogP contribution in [0.1, 0.15) is 35.3 Å². The minimum absolute atomic E-state index is 0.0555. The highest BCUT2D eigenvalue weighted by Gasteiger charge is 2.30. The van der Waals surface area contributed by atoms with Crippen molar-refractivity contribution in [1.29, 1.82) is 0 Å². The maximum atomic E-state index is 12.0. The molecule has 2 atom stereocenters. The molecule has 0 aromatic carbocycles. The fourth-order valence-corrected chi connectivity index (χ4v) is 2.31. The van der Waals surface area contributed by atoms with Crippen molar-refractivity contribution in [1.82, 2.24) is 10.3 Å². The standard InChI is InChI=1S/C13H16N2O3/c1-8-3-2-6-14-11(8)12(16)15-10-5-4-9(7-10)13(17)18/h2-3,6,9-10H,4-5,7H2,1H3,(H,15,16)(H,17,18). The minimum Gasteiger partial charge on any atom is -0.481 e. The number of rotatable bonds is 3. The van der Waals surface area contributed by atoms with E-state index in [1.54, 1.807) is 12.3 Å². The first-order chi connectivity index (χ1) is 8.58. The van der Waals surface area contributed by atoms with Crippen molar-refractivity contribution in [2.75, 3.05) is 0 Å². The number of amides is 1. The van der Waals surface area contributed by atoms with E-state index in [-0.39, 0.29) is 17.9 Å². The highest BCUT2D eigenvalue weighted by Crippen LogP contribution is 2.25. The molecule has 96 valence electrons. The topological polar surface area (TPSA) is 79.3 Å². The summed E-state index contributed by atoms with van der Waals surface area (Å²) in [5.41, 5.74) is 1.24. The van der Waals surface area contributed by atoms with Crippen LogP contribution in [0.25, 0.3) is 0 Å². The van der Waals surface area contributed by atoms with Gasteiger partial charge in [-0.1, -0.05) is 6.07 Å². The Morgan fingerprint density at radius 2 is 2.22 bits per heavy atom. The quantitative estimate of drug-likeness (QED) is 0.846. The van der Waals surface area contributed by atoms with E-state index in [0.29, 0.717) is 25.0 Å². The third kappa shape index (κ3) is 2.67. The molecule has 5 heteroatoms. The first-order valence-corrected chi connectivity index (χ1v) is 6.03. The Kier molecular flexibility index (Phi) is 3.60. The molecule has 1 fully saturated rings. The van der Waals surface area contributed by atoms with Crippen LogP contribution < -0.4 is 5.32 Å². The molecular weight excluding hydrogens is 232 g/mol. The van der Waals surface area contributed by atoms with Crippen LogP contribution in [0, 0.1) is 12.8 Å². The summed E-state index contributed by atoms with van der Waals surface area (Å²) in [7, 11) is 0. The molecule has 2 unspecified atom stereocenters. The van der Waals surface area contributed by atoms with Gasteiger partial charge in [0.15, 0.2) is 0 Å². The van der Waals surface area contributed by atoms with Crippen LogP contribution >= 0.6 is 0 Å². The van der Waals surface area contributed by atoms with Crippen molar-refractivity contribution >= 4 is 11.9 Å². The minimum atomic E-state index is -0.777. The molecule has 1 aliphatic rings. The lowest BCUT2D eigenvalue weighted by atomic mass is 10.1. The molecule has 1 aromatic rings. The van der Waals surface area contributed by atoms with Crippen LogP contribution in [0.5, 0.6) is 0 Å². The number of carboxylic acids is 1. The van der Waals surface area contributed by atoms with Crippen molar-refractivity contribution in [2.24, 2.45) is 5.92 Å². The molecule has 1 heterocycles. The molecule has 0 spiro atoms. The van der Waals surface area contributed by atoms with Crippen LogP contribution in [0.4, 0.5) is 0 Å². The average Bonchev–Trinajstić information content (AvgIpc) is 2.78.